The average molecular weight is 648 g/mol. The summed E-state index contributed by atoms with van der Waals surface area (Å²) in [5, 5.41) is 7.35. The number of carbonyl (C=O) groups is 3. The number of nitrogens with zero attached hydrogens (tertiary/aromatic N) is 3. The highest BCUT2D eigenvalue weighted by atomic mass is 35.5. The molecule has 5 N–H and O–H groups in total. The monoisotopic (exact) mass is 647 g/mol. The van der Waals surface area contributed by atoms with Gasteiger partial charge in [-0.1, -0.05) is 35.9 Å². The van der Waals surface area contributed by atoms with E-state index in [-0.39, 0.29) is 36.3 Å². The molecule has 15 heteroatoms. The number of alkyl halides is 3. The van der Waals surface area contributed by atoms with Crippen molar-refractivity contribution < 1.29 is 32.3 Å². The van der Waals surface area contributed by atoms with Crippen LogP contribution < -0.4 is 21.7 Å². The number of nitrogen functional groups attached to an aromatic ring is 1. The molecule has 0 bridgehead atoms. The number of halogens is 4. The Morgan fingerprint density at radius 3 is 2.49 bits per heavy atom. The van der Waals surface area contributed by atoms with Crippen LogP contribution in [0.15, 0.2) is 48.7 Å². The number of urea groups is 1. The molecule has 4 amide bonds. The Balaban J connectivity index is 1.35. The Bertz CT molecular complexity index is 1560. The van der Waals surface area contributed by atoms with Gasteiger partial charge < -0.3 is 31.3 Å². The molecule has 4 rings (SSSR count). The lowest BCUT2D eigenvalue weighted by molar-refractivity contribution is -0.137. The summed E-state index contributed by atoms with van der Waals surface area (Å²) in [5.41, 5.74) is 5.87. The zero-order valence-electron chi connectivity index (χ0n) is 24.8. The summed E-state index contributed by atoms with van der Waals surface area (Å²) in [7, 11) is 0. The van der Waals surface area contributed by atoms with E-state index < -0.39 is 40.4 Å². The van der Waals surface area contributed by atoms with E-state index in [9.17, 15) is 27.6 Å². The lowest BCUT2D eigenvalue weighted by atomic mass is 10.1. The highest BCUT2D eigenvalue weighted by Crippen LogP contribution is 2.36. The summed E-state index contributed by atoms with van der Waals surface area (Å²) in [6.45, 7) is 6.26. The summed E-state index contributed by atoms with van der Waals surface area (Å²) < 4.78 is 44.7. The number of benzene rings is 2. The van der Waals surface area contributed by atoms with Crippen molar-refractivity contribution in [3.63, 3.8) is 0 Å². The average Bonchev–Trinajstić information content (AvgIpc) is 2.96. The van der Waals surface area contributed by atoms with Crippen molar-refractivity contribution in [1.29, 1.82) is 0 Å². The number of hydrogen-bond donors (Lipinski definition) is 4. The van der Waals surface area contributed by atoms with Crippen LogP contribution in [0.5, 0.6) is 0 Å². The van der Waals surface area contributed by atoms with Crippen LogP contribution in [0.25, 0.3) is 11.3 Å². The van der Waals surface area contributed by atoms with Crippen LogP contribution in [0.3, 0.4) is 0 Å². The minimum atomic E-state index is -4.66. The largest absolute Gasteiger partial charge is 0.444 e. The summed E-state index contributed by atoms with van der Waals surface area (Å²) in [6, 6.07) is 8.91. The molecule has 0 spiro atoms. The van der Waals surface area contributed by atoms with Crippen LogP contribution in [0.4, 0.5) is 34.3 Å². The predicted molar refractivity (Wildman–Crippen MR) is 162 cm³/mol. The molecule has 240 valence electrons. The molecule has 45 heavy (non-hydrogen) atoms. The van der Waals surface area contributed by atoms with Crippen molar-refractivity contribution in [2.75, 3.05) is 24.1 Å². The molecular formula is C30H33ClF3N7O4. The third-order valence-electron chi connectivity index (χ3n) is 6.66. The molecule has 1 aromatic heterocycles. The fourth-order valence-corrected chi connectivity index (χ4v) is 4.74. The van der Waals surface area contributed by atoms with Crippen LogP contribution >= 0.6 is 11.6 Å². The smallest absolute Gasteiger partial charge is 0.417 e. The molecule has 1 atom stereocenters. The minimum Gasteiger partial charge on any atom is -0.444 e. The number of amides is 4. The summed E-state index contributed by atoms with van der Waals surface area (Å²) in [5.74, 6) is -0.571. The third kappa shape index (κ3) is 9.20. The van der Waals surface area contributed by atoms with Crippen molar-refractivity contribution in [2.45, 2.75) is 58.0 Å². The molecule has 2 heterocycles. The van der Waals surface area contributed by atoms with E-state index in [1.807, 2.05) is 0 Å². The zero-order chi connectivity index (χ0) is 32.9. The van der Waals surface area contributed by atoms with E-state index in [0.717, 1.165) is 12.1 Å². The predicted octanol–water partition coefficient (Wildman–Crippen LogP) is 5.85. The first-order valence-corrected chi connectivity index (χ1v) is 14.4. The Labute approximate surface area is 262 Å². The normalized spacial score (nSPS) is 15.3. The van der Waals surface area contributed by atoms with Gasteiger partial charge >= 0.3 is 18.3 Å². The van der Waals surface area contributed by atoms with Crippen LogP contribution in [0.2, 0.25) is 5.02 Å². The number of aromatic nitrogens is 2. The molecular weight excluding hydrogens is 615 g/mol. The second-order valence-electron chi connectivity index (χ2n) is 11.4. The Morgan fingerprint density at radius 2 is 1.82 bits per heavy atom. The van der Waals surface area contributed by atoms with Gasteiger partial charge in [0.2, 0.25) is 0 Å². The number of likely N-dealkylation sites (tertiary alicyclic amines) is 1. The van der Waals surface area contributed by atoms with Crippen LogP contribution in [0.1, 0.15) is 55.2 Å². The molecule has 0 aliphatic carbocycles. The third-order valence-corrected chi connectivity index (χ3v) is 6.99. The zero-order valence-corrected chi connectivity index (χ0v) is 25.6. The number of anilines is 2. The number of piperidine rings is 1. The maximum Gasteiger partial charge on any atom is 0.417 e. The quantitative estimate of drug-likeness (QED) is 0.262. The van der Waals surface area contributed by atoms with E-state index >= 15 is 0 Å². The van der Waals surface area contributed by atoms with Gasteiger partial charge in [-0.15, -0.1) is 0 Å². The van der Waals surface area contributed by atoms with Gasteiger partial charge in [0.25, 0.3) is 5.91 Å². The van der Waals surface area contributed by atoms with E-state index in [4.69, 9.17) is 22.1 Å². The molecule has 1 aliphatic heterocycles. The Kier molecular flexibility index (Phi) is 10.1. The summed E-state index contributed by atoms with van der Waals surface area (Å²) >= 11 is 5.62. The molecule has 0 radical (unpaired) electrons. The molecule has 2 aromatic carbocycles. The highest BCUT2D eigenvalue weighted by Gasteiger charge is 2.33. The van der Waals surface area contributed by atoms with E-state index in [2.05, 4.69) is 25.9 Å². The first-order valence-electron chi connectivity index (χ1n) is 14.0. The number of rotatable bonds is 6. The van der Waals surface area contributed by atoms with Crippen LogP contribution in [-0.4, -0.2) is 57.6 Å². The highest BCUT2D eigenvalue weighted by molar-refractivity contribution is 6.31. The first-order chi connectivity index (χ1) is 21.1. The Hall–Kier alpha value is -4.59. The molecule has 0 saturated carbocycles. The van der Waals surface area contributed by atoms with Crippen LogP contribution in [0, 0.1) is 0 Å². The fraction of sp³-hybridized carbons (Fsp3) is 0.367. The standard InChI is InChI=1S/C30H33ClF3N7O4/c1-29(2,3)45-28(44)41-12-4-5-20(16-41)38-26(42)24-25(35)36-15-23(40-24)18-8-6-17(7-9-18)14-37-27(43)39-19-10-11-22(31)21(13-19)30(32,33)34/h6-11,13,15,20H,4-5,12,14,16H2,1-3H3,(H2,35,36)(H,38,42)(H2,37,39,43)/t20-/m0/s1. The molecule has 11 nitrogen and oxygen atoms in total. The molecule has 1 fully saturated rings. The van der Waals surface area contributed by atoms with Crippen LogP contribution in [-0.2, 0) is 17.5 Å². The lowest BCUT2D eigenvalue weighted by Crippen LogP contribution is -2.50. The van der Waals surface area contributed by atoms with Gasteiger partial charge in [0.15, 0.2) is 11.5 Å². The number of nitrogens with two attached hydrogens (primary N) is 1. The number of carbonyl (C=O) groups excluding carboxylic acids is 3. The van der Waals surface area contributed by atoms with Crippen molar-refractivity contribution in [3.8, 4) is 11.3 Å². The van der Waals surface area contributed by atoms with Gasteiger partial charge in [-0.2, -0.15) is 13.2 Å². The van der Waals surface area contributed by atoms with Crippen molar-refractivity contribution in [1.82, 2.24) is 25.5 Å². The van der Waals surface area contributed by atoms with E-state index in [0.29, 0.717) is 36.2 Å². The molecule has 1 saturated heterocycles. The van der Waals surface area contributed by atoms with Crippen molar-refractivity contribution in [2.24, 2.45) is 0 Å². The number of nitrogens with one attached hydrogen (secondary N) is 3. The van der Waals surface area contributed by atoms with E-state index in [1.54, 1.807) is 49.9 Å². The summed E-state index contributed by atoms with van der Waals surface area (Å²) in [6.07, 6.45) is -2.32. The van der Waals surface area contributed by atoms with Crippen molar-refractivity contribution >= 4 is 41.1 Å². The molecule has 0 unspecified atom stereocenters. The minimum absolute atomic E-state index is 0.0501. The molecule has 1 aliphatic rings. The van der Waals surface area contributed by atoms with Gasteiger partial charge in [0.05, 0.1) is 22.5 Å². The second-order valence-corrected chi connectivity index (χ2v) is 11.8. The maximum atomic E-state index is 13.1. The lowest BCUT2D eigenvalue weighted by Gasteiger charge is -2.34. The van der Waals surface area contributed by atoms with Gasteiger partial charge in [0, 0.05) is 36.9 Å². The van der Waals surface area contributed by atoms with Gasteiger partial charge in [0.1, 0.15) is 5.60 Å². The number of ether oxygens (including phenoxy) is 1. The fourth-order valence-electron chi connectivity index (χ4n) is 4.52. The SMILES string of the molecule is CC(C)(C)OC(=O)N1CCC[C@H](NC(=O)c2nc(-c3ccc(CNC(=O)Nc4ccc(Cl)c(C(F)(F)F)c4)cc3)cnc2N)C1. The Morgan fingerprint density at radius 1 is 1.11 bits per heavy atom. The van der Waals surface area contributed by atoms with Crippen molar-refractivity contribution in [3.05, 3.63) is 70.5 Å². The maximum absolute atomic E-state index is 13.1. The van der Waals surface area contributed by atoms with E-state index in [1.165, 1.54) is 12.3 Å². The summed E-state index contributed by atoms with van der Waals surface area (Å²) in [4.78, 5) is 48.0. The second kappa shape index (κ2) is 13.6. The molecule has 3 aromatic rings. The van der Waals surface area contributed by atoms with Gasteiger partial charge in [-0.05, 0) is 57.4 Å². The van der Waals surface area contributed by atoms with Gasteiger partial charge in [-0.25, -0.2) is 19.6 Å². The van der Waals surface area contributed by atoms with Gasteiger partial charge in [-0.3, -0.25) is 4.79 Å². The topological polar surface area (TPSA) is 152 Å². The number of hydrogen-bond acceptors (Lipinski definition) is 7. The first kappa shape index (κ1) is 33.3.